The Bertz CT molecular complexity index is 453. The van der Waals surface area contributed by atoms with E-state index in [1.165, 1.54) is 16.2 Å². The van der Waals surface area contributed by atoms with Gasteiger partial charge in [-0.1, -0.05) is 54.6 Å². The molecule has 2 aromatic carbocycles. The van der Waals surface area contributed by atoms with Crippen LogP contribution in [0.4, 0.5) is 0 Å². The minimum atomic E-state index is -0.669. The van der Waals surface area contributed by atoms with Gasteiger partial charge in [0.25, 0.3) is 0 Å². The van der Waals surface area contributed by atoms with Gasteiger partial charge in [-0.3, -0.25) is 0 Å². The first-order valence-corrected chi connectivity index (χ1v) is 6.54. The molecule has 0 amide bonds. The van der Waals surface area contributed by atoms with Gasteiger partial charge in [-0.25, -0.2) is 0 Å². The van der Waals surface area contributed by atoms with Crippen LogP contribution in [0.25, 0.3) is 0 Å². The molecule has 0 saturated heterocycles. The molecule has 0 saturated carbocycles. The normalized spacial score (nSPS) is 12.4. The second kappa shape index (κ2) is 5.25. The quantitative estimate of drug-likeness (QED) is 0.736. The van der Waals surface area contributed by atoms with Gasteiger partial charge in [-0.2, -0.15) is 0 Å². The van der Waals surface area contributed by atoms with Crippen molar-refractivity contribution < 1.29 is 4.52 Å². The van der Waals surface area contributed by atoms with E-state index in [2.05, 4.69) is 55.5 Å². The number of hydrogen-bond acceptors (Lipinski definition) is 1. The van der Waals surface area contributed by atoms with Crippen molar-refractivity contribution in [2.24, 2.45) is 0 Å². The van der Waals surface area contributed by atoms with Gasteiger partial charge < -0.3 is 4.52 Å². The topological polar surface area (TPSA) is 9.23 Å². The summed E-state index contributed by atoms with van der Waals surface area (Å²) in [6, 6.07) is 18.8. The fourth-order valence-corrected chi connectivity index (χ4v) is 3.44. The highest BCUT2D eigenvalue weighted by Gasteiger charge is 2.14. The van der Waals surface area contributed by atoms with Gasteiger partial charge in [0.05, 0.1) is 8.15 Å². The first kappa shape index (κ1) is 11.3. The molecule has 0 N–H and O–H groups in total. The zero-order valence-electron chi connectivity index (χ0n) is 9.55. The van der Waals surface area contributed by atoms with Crippen molar-refractivity contribution in [1.29, 1.82) is 0 Å². The average Bonchev–Trinajstić information content (AvgIpc) is 2.34. The Kier molecular flexibility index (Phi) is 3.71. The van der Waals surface area contributed by atoms with Gasteiger partial charge in [-0.15, -0.1) is 0 Å². The summed E-state index contributed by atoms with van der Waals surface area (Å²) < 4.78 is 5.67. The van der Waals surface area contributed by atoms with E-state index in [9.17, 15) is 0 Å². The monoisotopic (exact) mass is 230 g/mol. The summed E-state index contributed by atoms with van der Waals surface area (Å²) in [6.45, 7) is 2.13. The third-order valence-corrected chi connectivity index (χ3v) is 4.58. The summed E-state index contributed by atoms with van der Waals surface area (Å²) in [4.78, 5) is 0. The minimum Gasteiger partial charge on any atom is -0.353 e. The molecule has 0 aliphatic carbocycles. The largest absolute Gasteiger partial charge is 0.353 e. The van der Waals surface area contributed by atoms with Gasteiger partial charge in [0, 0.05) is 17.7 Å². The van der Waals surface area contributed by atoms with E-state index in [-0.39, 0.29) is 0 Å². The fourth-order valence-electron chi connectivity index (χ4n) is 1.70. The minimum absolute atomic E-state index is 0.669. The maximum Gasteiger partial charge on any atom is 0.0915 e. The van der Waals surface area contributed by atoms with E-state index >= 15 is 0 Å². The average molecular weight is 230 g/mol. The van der Waals surface area contributed by atoms with Crippen LogP contribution in [0.5, 0.6) is 0 Å². The van der Waals surface area contributed by atoms with Gasteiger partial charge >= 0.3 is 0 Å². The lowest BCUT2D eigenvalue weighted by atomic mass is 10.2. The van der Waals surface area contributed by atoms with Crippen molar-refractivity contribution in [2.45, 2.75) is 6.92 Å². The first-order chi connectivity index (χ1) is 7.83. The molecule has 0 aliphatic heterocycles. The van der Waals surface area contributed by atoms with Crippen molar-refractivity contribution in [1.82, 2.24) is 0 Å². The highest BCUT2D eigenvalue weighted by atomic mass is 31.1. The molecule has 0 radical (unpaired) electrons. The molecule has 0 spiro atoms. The second-order valence-corrected chi connectivity index (χ2v) is 5.55. The van der Waals surface area contributed by atoms with Gasteiger partial charge in [0.15, 0.2) is 0 Å². The van der Waals surface area contributed by atoms with Gasteiger partial charge in [0.2, 0.25) is 0 Å². The van der Waals surface area contributed by atoms with Crippen LogP contribution in [-0.2, 0) is 4.52 Å². The van der Waals surface area contributed by atoms with Crippen molar-refractivity contribution in [3.63, 3.8) is 0 Å². The summed E-state index contributed by atoms with van der Waals surface area (Å²) >= 11 is 0. The van der Waals surface area contributed by atoms with E-state index in [0.717, 1.165) is 0 Å². The van der Waals surface area contributed by atoms with Crippen molar-refractivity contribution in [2.75, 3.05) is 7.11 Å². The predicted octanol–water partition coefficient (Wildman–Crippen LogP) is 2.99. The van der Waals surface area contributed by atoms with Crippen LogP contribution in [0, 0.1) is 6.92 Å². The molecular formula is C14H15OP. The Labute approximate surface area is 97.9 Å². The zero-order chi connectivity index (χ0) is 11.4. The van der Waals surface area contributed by atoms with Crippen LogP contribution >= 0.6 is 8.15 Å². The Hall–Kier alpha value is -1.17. The Morgan fingerprint density at radius 3 is 2.12 bits per heavy atom. The second-order valence-electron chi connectivity index (χ2n) is 3.60. The third kappa shape index (κ3) is 2.32. The maximum absolute atomic E-state index is 5.67. The van der Waals surface area contributed by atoms with E-state index < -0.39 is 8.15 Å². The lowest BCUT2D eigenvalue weighted by Crippen LogP contribution is -2.14. The van der Waals surface area contributed by atoms with Gasteiger partial charge in [0.1, 0.15) is 0 Å². The van der Waals surface area contributed by atoms with Gasteiger partial charge in [-0.05, 0) is 12.5 Å². The van der Waals surface area contributed by atoms with E-state index in [4.69, 9.17) is 4.52 Å². The molecule has 2 heteroatoms. The molecular weight excluding hydrogens is 215 g/mol. The Morgan fingerprint density at radius 1 is 0.875 bits per heavy atom. The SMILES string of the molecule is COP(c1ccccc1)c1ccccc1C. The zero-order valence-corrected chi connectivity index (χ0v) is 10.4. The first-order valence-electron chi connectivity index (χ1n) is 5.28. The molecule has 1 atom stereocenters. The van der Waals surface area contributed by atoms with Crippen molar-refractivity contribution >= 4 is 18.8 Å². The number of rotatable bonds is 3. The summed E-state index contributed by atoms with van der Waals surface area (Å²) in [6.07, 6.45) is 0. The standard InChI is InChI=1S/C14H15OP/c1-12-8-6-7-11-14(12)16(15-2)13-9-4-3-5-10-13/h3-11H,1-2H3. The maximum atomic E-state index is 5.67. The smallest absolute Gasteiger partial charge is 0.0915 e. The predicted molar refractivity (Wildman–Crippen MR) is 70.8 cm³/mol. The summed E-state index contributed by atoms with van der Waals surface area (Å²) in [5.41, 5.74) is 1.29. The number of aryl methyl sites for hydroxylation is 1. The molecule has 0 heterocycles. The Morgan fingerprint density at radius 2 is 1.50 bits per heavy atom. The van der Waals surface area contributed by atoms with E-state index in [1.54, 1.807) is 7.11 Å². The van der Waals surface area contributed by atoms with Crippen LogP contribution in [0.15, 0.2) is 54.6 Å². The highest BCUT2D eigenvalue weighted by Crippen LogP contribution is 2.34. The van der Waals surface area contributed by atoms with Crippen molar-refractivity contribution in [3.8, 4) is 0 Å². The lowest BCUT2D eigenvalue weighted by Gasteiger charge is -2.17. The van der Waals surface area contributed by atoms with Crippen LogP contribution < -0.4 is 10.6 Å². The summed E-state index contributed by atoms with van der Waals surface area (Å²) in [5, 5.41) is 2.56. The molecule has 0 aromatic heterocycles. The molecule has 16 heavy (non-hydrogen) atoms. The molecule has 82 valence electrons. The van der Waals surface area contributed by atoms with Crippen LogP contribution in [0.2, 0.25) is 0 Å². The number of benzene rings is 2. The van der Waals surface area contributed by atoms with Crippen LogP contribution in [0.1, 0.15) is 5.56 Å². The van der Waals surface area contributed by atoms with E-state index in [0.29, 0.717) is 0 Å². The molecule has 2 rings (SSSR count). The molecule has 0 bridgehead atoms. The molecule has 1 unspecified atom stereocenters. The highest BCUT2D eigenvalue weighted by molar-refractivity contribution is 7.68. The van der Waals surface area contributed by atoms with Crippen LogP contribution in [0.3, 0.4) is 0 Å². The molecule has 0 fully saturated rings. The fraction of sp³-hybridized carbons (Fsp3) is 0.143. The summed E-state index contributed by atoms with van der Waals surface area (Å²) in [7, 11) is 1.11. The molecule has 1 nitrogen and oxygen atoms in total. The van der Waals surface area contributed by atoms with Crippen molar-refractivity contribution in [3.05, 3.63) is 60.2 Å². The lowest BCUT2D eigenvalue weighted by molar-refractivity contribution is 0.474. The summed E-state index contributed by atoms with van der Waals surface area (Å²) in [5.74, 6) is 0. The van der Waals surface area contributed by atoms with E-state index in [1.807, 2.05) is 6.07 Å². The Balaban J connectivity index is 2.41. The number of hydrogen-bond donors (Lipinski definition) is 0. The van der Waals surface area contributed by atoms with Crippen LogP contribution in [-0.4, -0.2) is 7.11 Å². The third-order valence-electron chi connectivity index (χ3n) is 2.51. The molecule has 2 aromatic rings. The molecule has 0 aliphatic rings.